The zero-order valence-electron chi connectivity index (χ0n) is 16.5. The number of hydrogen-bond donors (Lipinski definition) is 0. The van der Waals surface area contributed by atoms with Crippen molar-refractivity contribution in [3.05, 3.63) is 53.3 Å². The molecule has 0 bridgehead atoms. The van der Waals surface area contributed by atoms with Gasteiger partial charge < -0.3 is 4.74 Å². The van der Waals surface area contributed by atoms with Crippen LogP contribution in [0.1, 0.15) is 56.9 Å². The van der Waals surface area contributed by atoms with Gasteiger partial charge in [-0.15, -0.1) is 0 Å². The molecule has 0 spiro atoms. The second-order valence-corrected chi connectivity index (χ2v) is 8.66. The molecule has 0 N–H and O–H groups in total. The first kappa shape index (κ1) is 19.4. The van der Waals surface area contributed by atoms with Crippen molar-refractivity contribution in [3.8, 4) is 16.9 Å². The predicted octanol–water partition coefficient (Wildman–Crippen LogP) is 7.10. The molecule has 2 aliphatic rings. The summed E-state index contributed by atoms with van der Waals surface area (Å²) in [6, 6.07) is 7.38. The normalized spacial score (nSPS) is 27.3. The van der Waals surface area contributed by atoms with Gasteiger partial charge in [-0.25, -0.2) is 13.2 Å². The molecule has 0 radical (unpaired) electrons. The van der Waals surface area contributed by atoms with Crippen LogP contribution in [0.25, 0.3) is 11.1 Å². The number of methoxy groups -OCH3 is 1. The third kappa shape index (κ3) is 3.66. The minimum Gasteiger partial charge on any atom is -0.491 e. The molecule has 2 aliphatic carbocycles. The van der Waals surface area contributed by atoms with Gasteiger partial charge in [-0.3, -0.25) is 0 Å². The molecule has 2 saturated carbocycles. The number of benzene rings is 2. The number of halogens is 3. The first-order valence-electron chi connectivity index (χ1n) is 10.3. The van der Waals surface area contributed by atoms with Crippen molar-refractivity contribution in [2.24, 2.45) is 17.8 Å². The van der Waals surface area contributed by atoms with E-state index in [9.17, 15) is 13.2 Å². The van der Waals surface area contributed by atoms with E-state index >= 15 is 0 Å². The summed E-state index contributed by atoms with van der Waals surface area (Å²) in [6.07, 6.45) is 7.36. The van der Waals surface area contributed by atoms with Crippen molar-refractivity contribution in [1.29, 1.82) is 0 Å². The van der Waals surface area contributed by atoms with E-state index in [4.69, 9.17) is 4.74 Å². The van der Waals surface area contributed by atoms with E-state index in [2.05, 4.69) is 6.92 Å². The van der Waals surface area contributed by atoms with Crippen molar-refractivity contribution in [1.82, 2.24) is 0 Å². The van der Waals surface area contributed by atoms with E-state index in [1.54, 1.807) is 12.1 Å². The average molecular weight is 388 g/mol. The van der Waals surface area contributed by atoms with Gasteiger partial charge in [0.25, 0.3) is 0 Å². The SMILES string of the molecule is COc1c(F)cc(-c2ccc([C@@H]3CC[C@@H]4CC(C)CC[C@@H]4C3)cc2F)cc1F. The molecule has 4 atom stereocenters. The summed E-state index contributed by atoms with van der Waals surface area (Å²) >= 11 is 0. The van der Waals surface area contributed by atoms with E-state index in [-0.39, 0.29) is 11.1 Å². The first-order valence-corrected chi connectivity index (χ1v) is 10.3. The van der Waals surface area contributed by atoms with E-state index in [1.807, 2.05) is 6.07 Å². The van der Waals surface area contributed by atoms with Gasteiger partial charge in [0.15, 0.2) is 17.4 Å². The largest absolute Gasteiger partial charge is 0.491 e. The minimum atomic E-state index is -0.828. The van der Waals surface area contributed by atoms with Gasteiger partial charge in [0.1, 0.15) is 5.82 Å². The fraction of sp³-hybridized carbons (Fsp3) is 0.500. The Balaban J connectivity index is 1.56. The zero-order valence-corrected chi connectivity index (χ0v) is 16.5. The molecule has 2 aromatic carbocycles. The van der Waals surface area contributed by atoms with Crippen LogP contribution in [0.5, 0.6) is 5.75 Å². The fourth-order valence-electron chi connectivity index (χ4n) is 5.36. The highest BCUT2D eigenvalue weighted by molar-refractivity contribution is 5.66. The summed E-state index contributed by atoms with van der Waals surface area (Å²) in [6.45, 7) is 2.35. The topological polar surface area (TPSA) is 9.23 Å². The lowest BCUT2D eigenvalue weighted by Gasteiger charge is -2.41. The summed E-state index contributed by atoms with van der Waals surface area (Å²) in [7, 11) is 1.21. The van der Waals surface area contributed by atoms with Crippen LogP contribution in [0.3, 0.4) is 0 Å². The summed E-state index contributed by atoms with van der Waals surface area (Å²) in [4.78, 5) is 0. The van der Waals surface area contributed by atoms with Crippen molar-refractivity contribution in [3.63, 3.8) is 0 Å². The maximum absolute atomic E-state index is 14.8. The third-order valence-electron chi connectivity index (χ3n) is 6.85. The third-order valence-corrected chi connectivity index (χ3v) is 6.85. The van der Waals surface area contributed by atoms with Gasteiger partial charge in [-0.1, -0.05) is 25.5 Å². The molecule has 0 saturated heterocycles. The summed E-state index contributed by atoms with van der Waals surface area (Å²) in [5.74, 6) is 0.260. The van der Waals surface area contributed by atoms with Crippen LogP contribution in [0.2, 0.25) is 0 Å². The Morgan fingerprint density at radius 1 is 0.821 bits per heavy atom. The van der Waals surface area contributed by atoms with Crippen molar-refractivity contribution in [2.75, 3.05) is 7.11 Å². The second kappa shape index (κ2) is 7.81. The first-order chi connectivity index (χ1) is 13.5. The molecule has 0 aromatic heterocycles. The van der Waals surface area contributed by atoms with Crippen LogP contribution >= 0.6 is 0 Å². The lowest BCUT2D eigenvalue weighted by molar-refractivity contribution is 0.124. The van der Waals surface area contributed by atoms with Crippen molar-refractivity contribution >= 4 is 0 Å². The van der Waals surface area contributed by atoms with Crippen molar-refractivity contribution < 1.29 is 17.9 Å². The van der Waals surface area contributed by atoms with Gasteiger partial charge in [0.2, 0.25) is 0 Å². The van der Waals surface area contributed by atoms with Crippen LogP contribution in [-0.4, -0.2) is 7.11 Å². The van der Waals surface area contributed by atoms with Gasteiger partial charge in [0.05, 0.1) is 7.11 Å². The Hall–Kier alpha value is -1.97. The highest BCUT2D eigenvalue weighted by Gasteiger charge is 2.35. The van der Waals surface area contributed by atoms with E-state index in [0.29, 0.717) is 5.92 Å². The number of ether oxygens (including phenoxy) is 1. The molecule has 2 fully saturated rings. The number of rotatable bonds is 3. The van der Waals surface area contributed by atoms with Crippen LogP contribution in [0.15, 0.2) is 30.3 Å². The number of fused-ring (bicyclic) bond motifs is 1. The lowest BCUT2D eigenvalue weighted by Crippen LogP contribution is -2.29. The average Bonchev–Trinajstić information content (AvgIpc) is 2.67. The van der Waals surface area contributed by atoms with Crippen LogP contribution in [0, 0.1) is 35.2 Å². The Morgan fingerprint density at radius 2 is 1.50 bits per heavy atom. The maximum atomic E-state index is 14.8. The Morgan fingerprint density at radius 3 is 2.18 bits per heavy atom. The molecule has 0 heterocycles. The Kier molecular flexibility index (Phi) is 5.39. The highest BCUT2D eigenvalue weighted by Crippen LogP contribution is 2.47. The summed E-state index contributed by atoms with van der Waals surface area (Å²) in [5.41, 5.74) is 1.40. The van der Waals surface area contributed by atoms with Crippen molar-refractivity contribution in [2.45, 2.75) is 51.4 Å². The highest BCUT2D eigenvalue weighted by atomic mass is 19.1. The molecule has 4 rings (SSSR count). The van der Waals surface area contributed by atoms with Gasteiger partial charge >= 0.3 is 0 Å². The van der Waals surface area contributed by atoms with Crippen LogP contribution in [0.4, 0.5) is 13.2 Å². The van der Waals surface area contributed by atoms with Crippen LogP contribution < -0.4 is 4.74 Å². The van der Waals surface area contributed by atoms with Crippen LogP contribution in [-0.2, 0) is 0 Å². The Labute approximate surface area is 164 Å². The van der Waals surface area contributed by atoms with Gasteiger partial charge in [-0.2, -0.15) is 0 Å². The minimum absolute atomic E-state index is 0.185. The summed E-state index contributed by atoms with van der Waals surface area (Å²) in [5, 5.41) is 0. The molecule has 4 heteroatoms. The summed E-state index contributed by atoms with van der Waals surface area (Å²) < 4.78 is 47.5. The monoisotopic (exact) mass is 388 g/mol. The molecule has 150 valence electrons. The van der Waals surface area contributed by atoms with Gasteiger partial charge in [-0.05, 0) is 85.1 Å². The molecular weight excluding hydrogens is 361 g/mol. The standard InChI is InChI=1S/C24H27F3O/c1-14-3-4-16-10-17(6-5-15(16)9-14)18-7-8-20(21(25)11-18)19-12-22(26)24(28-2)23(27)13-19/h7-8,11-17H,3-6,9-10H2,1-2H3/t14?,15-,16-,17-/m1/s1. The molecular formula is C24H27F3O. The van der Waals surface area contributed by atoms with Gasteiger partial charge in [0, 0.05) is 5.56 Å². The molecule has 28 heavy (non-hydrogen) atoms. The maximum Gasteiger partial charge on any atom is 0.190 e. The van der Waals surface area contributed by atoms with E-state index < -0.39 is 23.2 Å². The molecule has 1 unspecified atom stereocenters. The number of hydrogen-bond acceptors (Lipinski definition) is 1. The molecule has 2 aromatic rings. The zero-order chi connectivity index (χ0) is 19.8. The second-order valence-electron chi connectivity index (χ2n) is 8.66. The quantitative estimate of drug-likeness (QED) is 0.545. The predicted molar refractivity (Wildman–Crippen MR) is 105 cm³/mol. The molecule has 1 nitrogen and oxygen atoms in total. The Bertz CT molecular complexity index is 840. The molecule has 0 aliphatic heterocycles. The lowest BCUT2D eigenvalue weighted by atomic mass is 9.64. The van der Waals surface area contributed by atoms with E-state index in [1.165, 1.54) is 32.8 Å². The smallest absolute Gasteiger partial charge is 0.190 e. The van der Waals surface area contributed by atoms with E-state index in [0.717, 1.165) is 48.3 Å². The molecule has 0 amide bonds. The fourth-order valence-corrected chi connectivity index (χ4v) is 5.36.